The van der Waals surface area contributed by atoms with Gasteiger partial charge in [-0.3, -0.25) is 4.79 Å². The zero-order chi connectivity index (χ0) is 9.14. The Morgan fingerprint density at radius 3 is 3.00 bits per heavy atom. The Hall–Kier alpha value is -1.10. The number of amides is 1. The van der Waals surface area contributed by atoms with Gasteiger partial charge in [-0.15, -0.1) is 0 Å². The SMILES string of the molecule is C[NH+]1CCNC(=O)[C@@H]1CC(=O)[O-]. The number of quaternary nitrogens is 1. The van der Waals surface area contributed by atoms with Crippen LogP contribution in [0.5, 0.6) is 0 Å². The molecule has 0 aromatic carbocycles. The first-order chi connectivity index (χ1) is 5.61. The van der Waals surface area contributed by atoms with Crippen LogP contribution in [0.2, 0.25) is 0 Å². The van der Waals surface area contributed by atoms with Gasteiger partial charge in [0.25, 0.3) is 5.91 Å². The molecule has 2 N–H and O–H groups in total. The summed E-state index contributed by atoms with van der Waals surface area (Å²) in [5.74, 6) is -1.36. The average Bonchev–Trinajstić information content (AvgIpc) is 1.97. The number of hydrogen-bond donors (Lipinski definition) is 2. The van der Waals surface area contributed by atoms with Gasteiger partial charge >= 0.3 is 0 Å². The summed E-state index contributed by atoms with van der Waals surface area (Å²) in [6, 6.07) is -0.483. The van der Waals surface area contributed by atoms with Crippen LogP contribution in [-0.4, -0.2) is 38.1 Å². The summed E-state index contributed by atoms with van der Waals surface area (Å²) < 4.78 is 0. The van der Waals surface area contributed by atoms with Gasteiger partial charge in [-0.2, -0.15) is 0 Å². The maximum Gasteiger partial charge on any atom is 0.278 e. The Kier molecular flexibility index (Phi) is 2.65. The maximum absolute atomic E-state index is 11.1. The molecule has 12 heavy (non-hydrogen) atoms. The molecule has 1 heterocycles. The molecule has 1 saturated heterocycles. The number of carboxylic acid groups (broad SMARTS) is 1. The zero-order valence-electron chi connectivity index (χ0n) is 6.92. The van der Waals surface area contributed by atoms with E-state index in [4.69, 9.17) is 0 Å². The lowest BCUT2D eigenvalue weighted by Gasteiger charge is -2.28. The number of rotatable bonds is 2. The minimum Gasteiger partial charge on any atom is -0.550 e. The largest absolute Gasteiger partial charge is 0.550 e. The fourth-order valence-corrected chi connectivity index (χ4v) is 1.34. The molecule has 5 heteroatoms. The van der Waals surface area contributed by atoms with Gasteiger partial charge < -0.3 is 20.1 Å². The molecule has 2 atom stereocenters. The maximum atomic E-state index is 11.1. The molecule has 1 amide bonds. The molecule has 1 unspecified atom stereocenters. The molecule has 68 valence electrons. The van der Waals surface area contributed by atoms with Crippen molar-refractivity contribution in [2.24, 2.45) is 0 Å². The van der Waals surface area contributed by atoms with Gasteiger partial charge in [0, 0.05) is 12.4 Å². The molecule has 1 aliphatic heterocycles. The van der Waals surface area contributed by atoms with Crippen molar-refractivity contribution >= 4 is 11.9 Å². The van der Waals surface area contributed by atoms with Crippen LogP contribution in [0.3, 0.4) is 0 Å². The Bertz CT molecular complexity index is 205. The number of nitrogens with one attached hydrogen (secondary N) is 2. The van der Waals surface area contributed by atoms with Crippen LogP contribution >= 0.6 is 0 Å². The van der Waals surface area contributed by atoms with Crippen molar-refractivity contribution in [1.82, 2.24) is 5.32 Å². The number of carbonyl (C=O) groups excluding carboxylic acids is 2. The minimum atomic E-state index is -1.17. The predicted octanol–water partition coefficient (Wildman–Crippen LogP) is -3.86. The molecular weight excluding hydrogens is 160 g/mol. The van der Waals surface area contributed by atoms with Crippen LogP contribution in [0.1, 0.15) is 6.42 Å². The highest BCUT2D eigenvalue weighted by Gasteiger charge is 2.30. The Labute approximate surface area is 70.4 Å². The standard InChI is InChI=1S/C7H12N2O3/c1-9-3-2-8-7(12)5(9)4-6(10)11/h5H,2-4H2,1H3,(H,8,12)(H,10,11)/t5-/m0/s1. The summed E-state index contributed by atoms with van der Waals surface area (Å²) in [6.07, 6.45) is -0.197. The van der Waals surface area contributed by atoms with E-state index in [1.807, 2.05) is 7.05 Å². The topological polar surface area (TPSA) is 73.7 Å². The zero-order valence-corrected chi connectivity index (χ0v) is 6.92. The lowest BCUT2D eigenvalue weighted by Crippen LogP contribution is -3.17. The lowest BCUT2D eigenvalue weighted by atomic mass is 10.1. The van der Waals surface area contributed by atoms with Crippen molar-refractivity contribution in [3.63, 3.8) is 0 Å². The van der Waals surface area contributed by atoms with Crippen molar-refractivity contribution in [2.45, 2.75) is 12.5 Å². The molecule has 1 aliphatic rings. The van der Waals surface area contributed by atoms with E-state index in [1.54, 1.807) is 0 Å². The highest BCUT2D eigenvalue weighted by molar-refractivity contribution is 5.84. The average molecular weight is 172 g/mol. The minimum absolute atomic E-state index is 0.192. The summed E-state index contributed by atoms with van der Waals surface area (Å²) in [5, 5.41) is 12.9. The lowest BCUT2D eigenvalue weighted by molar-refractivity contribution is -0.897. The van der Waals surface area contributed by atoms with E-state index in [1.165, 1.54) is 0 Å². The van der Waals surface area contributed by atoms with Gasteiger partial charge in [-0.1, -0.05) is 0 Å². The number of carbonyl (C=O) groups is 2. The van der Waals surface area contributed by atoms with Gasteiger partial charge in [-0.25, -0.2) is 0 Å². The second kappa shape index (κ2) is 3.53. The van der Waals surface area contributed by atoms with Crippen LogP contribution in [0, 0.1) is 0 Å². The molecule has 0 aromatic rings. The number of aliphatic carboxylic acids is 1. The monoisotopic (exact) mass is 172 g/mol. The number of carboxylic acids is 1. The van der Waals surface area contributed by atoms with Crippen molar-refractivity contribution < 1.29 is 19.6 Å². The van der Waals surface area contributed by atoms with Crippen LogP contribution in [0.15, 0.2) is 0 Å². The van der Waals surface area contributed by atoms with Crippen LogP contribution in [-0.2, 0) is 9.59 Å². The first-order valence-electron chi connectivity index (χ1n) is 3.91. The van der Waals surface area contributed by atoms with Gasteiger partial charge in [0.2, 0.25) is 0 Å². The molecule has 0 radical (unpaired) electrons. The summed E-state index contributed by atoms with van der Waals surface area (Å²) in [6.45, 7) is 1.39. The molecule has 0 aliphatic carbocycles. The predicted molar refractivity (Wildman–Crippen MR) is 38.2 cm³/mol. The van der Waals surface area contributed by atoms with Gasteiger partial charge in [0.05, 0.1) is 20.1 Å². The smallest absolute Gasteiger partial charge is 0.278 e. The molecule has 0 aromatic heterocycles. The summed E-state index contributed by atoms with van der Waals surface area (Å²) in [7, 11) is 1.81. The summed E-state index contributed by atoms with van der Waals surface area (Å²) in [4.78, 5) is 22.3. The second-order valence-corrected chi connectivity index (χ2v) is 3.02. The molecule has 1 fully saturated rings. The van der Waals surface area contributed by atoms with Crippen molar-refractivity contribution in [3.05, 3.63) is 0 Å². The fourth-order valence-electron chi connectivity index (χ4n) is 1.34. The molecule has 0 bridgehead atoms. The van der Waals surface area contributed by atoms with Gasteiger partial charge in [-0.05, 0) is 0 Å². The summed E-state index contributed by atoms with van der Waals surface area (Å²) in [5.41, 5.74) is 0. The molecule has 5 nitrogen and oxygen atoms in total. The van der Waals surface area contributed by atoms with E-state index in [0.29, 0.717) is 6.54 Å². The first-order valence-corrected chi connectivity index (χ1v) is 3.91. The Morgan fingerprint density at radius 1 is 1.83 bits per heavy atom. The number of likely N-dealkylation sites (N-methyl/N-ethyl adjacent to an activating group) is 1. The number of hydrogen-bond acceptors (Lipinski definition) is 3. The van der Waals surface area contributed by atoms with Crippen molar-refractivity contribution in [2.75, 3.05) is 20.1 Å². The Balaban J connectivity index is 2.57. The van der Waals surface area contributed by atoms with Crippen LogP contribution in [0.4, 0.5) is 0 Å². The van der Waals surface area contributed by atoms with E-state index in [2.05, 4.69) is 5.32 Å². The third kappa shape index (κ3) is 1.94. The van der Waals surface area contributed by atoms with Crippen LogP contribution in [0.25, 0.3) is 0 Å². The van der Waals surface area contributed by atoms with E-state index in [9.17, 15) is 14.7 Å². The fraction of sp³-hybridized carbons (Fsp3) is 0.714. The van der Waals surface area contributed by atoms with Crippen molar-refractivity contribution in [1.29, 1.82) is 0 Å². The first kappa shape index (κ1) is 8.99. The van der Waals surface area contributed by atoms with Crippen molar-refractivity contribution in [3.8, 4) is 0 Å². The highest BCUT2D eigenvalue weighted by atomic mass is 16.4. The van der Waals surface area contributed by atoms with Gasteiger partial charge in [0.15, 0.2) is 6.04 Å². The van der Waals surface area contributed by atoms with Crippen LogP contribution < -0.4 is 15.3 Å². The molecular formula is C7H12N2O3. The molecule has 0 spiro atoms. The van der Waals surface area contributed by atoms with E-state index < -0.39 is 12.0 Å². The van der Waals surface area contributed by atoms with E-state index in [0.717, 1.165) is 11.4 Å². The third-order valence-corrected chi connectivity index (χ3v) is 2.10. The van der Waals surface area contributed by atoms with Gasteiger partial charge in [0.1, 0.15) is 0 Å². The highest BCUT2D eigenvalue weighted by Crippen LogP contribution is 1.88. The van der Waals surface area contributed by atoms with E-state index in [-0.39, 0.29) is 12.3 Å². The van der Waals surface area contributed by atoms with E-state index >= 15 is 0 Å². The Morgan fingerprint density at radius 2 is 2.50 bits per heavy atom. The molecule has 1 rings (SSSR count). The second-order valence-electron chi connectivity index (χ2n) is 3.02. The molecule has 0 saturated carbocycles. The normalized spacial score (nSPS) is 29.6. The third-order valence-electron chi connectivity index (χ3n) is 2.10. The summed E-state index contributed by atoms with van der Waals surface area (Å²) >= 11 is 0. The quantitative estimate of drug-likeness (QED) is 0.448. The number of piperazine rings is 1.